The third kappa shape index (κ3) is 3.74. The SMILES string of the molecule is CN(C)CCn1nnc(CC(N)=O)c1C(F)F. The number of carbonyl (C=O) groups is 1. The number of halogens is 2. The molecule has 0 saturated heterocycles. The Hall–Kier alpha value is -1.57. The molecule has 0 aliphatic carbocycles. The van der Waals surface area contributed by atoms with Crippen molar-refractivity contribution in [1.82, 2.24) is 19.9 Å². The zero-order chi connectivity index (χ0) is 13.0. The fourth-order valence-corrected chi connectivity index (χ4v) is 1.35. The van der Waals surface area contributed by atoms with Crippen molar-refractivity contribution in [2.45, 2.75) is 19.4 Å². The molecule has 0 bridgehead atoms. The van der Waals surface area contributed by atoms with Gasteiger partial charge in [0.15, 0.2) is 0 Å². The molecule has 1 heterocycles. The molecule has 1 rings (SSSR count). The second kappa shape index (κ2) is 5.67. The van der Waals surface area contributed by atoms with E-state index in [1.54, 1.807) is 0 Å². The highest BCUT2D eigenvalue weighted by molar-refractivity contribution is 5.76. The summed E-state index contributed by atoms with van der Waals surface area (Å²) in [6.45, 7) is 0.845. The van der Waals surface area contributed by atoms with Crippen LogP contribution in [0.25, 0.3) is 0 Å². The average molecular weight is 247 g/mol. The Morgan fingerprint density at radius 2 is 2.18 bits per heavy atom. The van der Waals surface area contributed by atoms with Crippen molar-refractivity contribution in [1.29, 1.82) is 0 Å². The zero-order valence-electron chi connectivity index (χ0n) is 9.73. The van der Waals surface area contributed by atoms with Crippen LogP contribution in [0.5, 0.6) is 0 Å². The summed E-state index contributed by atoms with van der Waals surface area (Å²) in [6.07, 6.45) is -3.04. The number of likely N-dealkylation sites (N-methyl/N-ethyl adjacent to an activating group) is 1. The minimum atomic E-state index is -2.72. The number of nitrogens with zero attached hydrogens (tertiary/aromatic N) is 4. The lowest BCUT2D eigenvalue weighted by molar-refractivity contribution is -0.117. The number of alkyl halides is 2. The fourth-order valence-electron chi connectivity index (χ4n) is 1.35. The van der Waals surface area contributed by atoms with E-state index in [0.29, 0.717) is 13.1 Å². The second-order valence-electron chi connectivity index (χ2n) is 3.89. The first-order valence-electron chi connectivity index (χ1n) is 5.05. The van der Waals surface area contributed by atoms with E-state index < -0.39 is 12.3 Å². The van der Waals surface area contributed by atoms with Gasteiger partial charge in [-0.3, -0.25) is 4.79 Å². The van der Waals surface area contributed by atoms with Crippen LogP contribution in [0.15, 0.2) is 0 Å². The summed E-state index contributed by atoms with van der Waals surface area (Å²) in [7, 11) is 3.65. The molecular formula is C9H15F2N5O. The van der Waals surface area contributed by atoms with Gasteiger partial charge in [-0.2, -0.15) is 0 Å². The third-order valence-corrected chi connectivity index (χ3v) is 2.15. The van der Waals surface area contributed by atoms with Crippen LogP contribution in [0.4, 0.5) is 8.78 Å². The highest BCUT2D eigenvalue weighted by Crippen LogP contribution is 2.21. The lowest BCUT2D eigenvalue weighted by Gasteiger charge is -2.11. The molecule has 0 aliphatic heterocycles. The molecule has 1 aromatic rings. The topological polar surface area (TPSA) is 77.0 Å². The van der Waals surface area contributed by atoms with Gasteiger partial charge in [-0.1, -0.05) is 5.21 Å². The first-order valence-corrected chi connectivity index (χ1v) is 5.05. The Morgan fingerprint density at radius 1 is 1.53 bits per heavy atom. The molecule has 0 aromatic carbocycles. The summed E-state index contributed by atoms with van der Waals surface area (Å²) in [6, 6.07) is 0. The maximum atomic E-state index is 12.8. The molecule has 0 radical (unpaired) electrons. The molecule has 0 atom stereocenters. The van der Waals surface area contributed by atoms with E-state index in [4.69, 9.17) is 5.73 Å². The minimum Gasteiger partial charge on any atom is -0.369 e. The second-order valence-corrected chi connectivity index (χ2v) is 3.89. The number of aromatic nitrogens is 3. The standard InChI is InChI=1S/C9H15F2N5O/c1-15(2)3-4-16-8(9(10)11)6(13-14-16)5-7(12)17/h9H,3-5H2,1-2H3,(H2,12,17). The van der Waals surface area contributed by atoms with Crippen molar-refractivity contribution in [2.24, 2.45) is 5.73 Å². The summed E-state index contributed by atoms with van der Waals surface area (Å²) in [5.41, 5.74) is 4.58. The van der Waals surface area contributed by atoms with Crippen molar-refractivity contribution in [2.75, 3.05) is 20.6 Å². The summed E-state index contributed by atoms with van der Waals surface area (Å²) in [5, 5.41) is 7.18. The van der Waals surface area contributed by atoms with Crippen LogP contribution in [0.2, 0.25) is 0 Å². The lowest BCUT2D eigenvalue weighted by atomic mass is 10.2. The molecule has 0 spiro atoms. The van der Waals surface area contributed by atoms with E-state index in [2.05, 4.69) is 10.3 Å². The number of amides is 1. The number of rotatable bonds is 6. The van der Waals surface area contributed by atoms with E-state index >= 15 is 0 Å². The summed E-state index contributed by atoms with van der Waals surface area (Å²) in [5.74, 6) is -0.702. The van der Waals surface area contributed by atoms with Gasteiger partial charge in [0.1, 0.15) is 11.4 Å². The van der Waals surface area contributed by atoms with E-state index in [1.165, 1.54) is 0 Å². The Kier molecular flexibility index (Phi) is 4.50. The van der Waals surface area contributed by atoms with Gasteiger partial charge in [0, 0.05) is 6.54 Å². The number of carbonyl (C=O) groups excluding carboxylic acids is 1. The molecule has 0 aliphatic rings. The first kappa shape index (κ1) is 13.5. The largest absolute Gasteiger partial charge is 0.369 e. The van der Waals surface area contributed by atoms with Crippen molar-refractivity contribution in [3.63, 3.8) is 0 Å². The molecule has 2 N–H and O–H groups in total. The lowest BCUT2D eigenvalue weighted by Crippen LogP contribution is -2.21. The number of primary amides is 1. The number of hydrogen-bond donors (Lipinski definition) is 1. The molecule has 1 amide bonds. The van der Waals surface area contributed by atoms with Gasteiger partial charge in [-0.05, 0) is 14.1 Å². The third-order valence-electron chi connectivity index (χ3n) is 2.15. The summed E-state index contributed by atoms with van der Waals surface area (Å²) in [4.78, 5) is 12.5. The predicted octanol–water partition coefficient (Wildman–Crippen LogP) is -0.195. The molecule has 17 heavy (non-hydrogen) atoms. The van der Waals surface area contributed by atoms with Crippen LogP contribution < -0.4 is 5.73 Å². The maximum Gasteiger partial charge on any atom is 0.281 e. The Morgan fingerprint density at radius 3 is 2.65 bits per heavy atom. The smallest absolute Gasteiger partial charge is 0.281 e. The van der Waals surface area contributed by atoms with Gasteiger partial charge >= 0.3 is 0 Å². The van der Waals surface area contributed by atoms with Gasteiger partial charge in [0.05, 0.1) is 13.0 Å². The molecule has 1 aromatic heterocycles. The van der Waals surface area contributed by atoms with Crippen molar-refractivity contribution < 1.29 is 13.6 Å². The van der Waals surface area contributed by atoms with E-state index in [9.17, 15) is 13.6 Å². The van der Waals surface area contributed by atoms with Gasteiger partial charge in [0.25, 0.3) is 6.43 Å². The zero-order valence-corrected chi connectivity index (χ0v) is 9.73. The fraction of sp³-hybridized carbons (Fsp3) is 0.667. The molecule has 0 unspecified atom stereocenters. The Labute approximate surface area is 97.4 Å². The Bertz CT molecular complexity index is 391. The quantitative estimate of drug-likeness (QED) is 0.755. The van der Waals surface area contributed by atoms with Crippen LogP contribution in [0.3, 0.4) is 0 Å². The van der Waals surface area contributed by atoms with Crippen LogP contribution in [-0.2, 0) is 17.8 Å². The maximum absolute atomic E-state index is 12.8. The highest BCUT2D eigenvalue weighted by atomic mass is 19.3. The van der Waals surface area contributed by atoms with Crippen LogP contribution in [0, 0.1) is 0 Å². The number of hydrogen-bond acceptors (Lipinski definition) is 4. The van der Waals surface area contributed by atoms with Crippen LogP contribution in [-0.4, -0.2) is 46.4 Å². The molecule has 0 fully saturated rings. The Balaban J connectivity index is 2.90. The van der Waals surface area contributed by atoms with Crippen LogP contribution in [0.1, 0.15) is 17.8 Å². The van der Waals surface area contributed by atoms with Gasteiger partial charge < -0.3 is 10.6 Å². The van der Waals surface area contributed by atoms with Gasteiger partial charge in [-0.15, -0.1) is 5.10 Å². The minimum absolute atomic E-state index is 0.0498. The van der Waals surface area contributed by atoms with Crippen molar-refractivity contribution >= 4 is 5.91 Å². The highest BCUT2D eigenvalue weighted by Gasteiger charge is 2.22. The van der Waals surface area contributed by atoms with Gasteiger partial charge in [0.2, 0.25) is 5.91 Å². The first-order chi connectivity index (χ1) is 7.91. The normalized spacial score (nSPS) is 11.4. The van der Waals surface area contributed by atoms with E-state index in [0.717, 1.165) is 4.68 Å². The molecule has 8 heteroatoms. The van der Waals surface area contributed by atoms with E-state index in [1.807, 2.05) is 19.0 Å². The average Bonchev–Trinajstić information content (AvgIpc) is 2.56. The summed E-state index contributed by atoms with van der Waals surface area (Å²) < 4.78 is 26.8. The molecular weight excluding hydrogens is 232 g/mol. The molecule has 0 saturated carbocycles. The van der Waals surface area contributed by atoms with Crippen molar-refractivity contribution in [3.05, 3.63) is 11.4 Å². The number of nitrogens with two attached hydrogens (primary N) is 1. The predicted molar refractivity (Wildman–Crippen MR) is 56.4 cm³/mol. The summed E-state index contributed by atoms with van der Waals surface area (Å²) >= 11 is 0. The van der Waals surface area contributed by atoms with E-state index in [-0.39, 0.29) is 17.8 Å². The van der Waals surface area contributed by atoms with Crippen molar-refractivity contribution in [3.8, 4) is 0 Å². The van der Waals surface area contributed by atoms with Gasteiger partial charge in [-0.25, -0.2) is 13.5 Å². The molecule has 96 valence electrons. The molecule has 6 nitrogen and oxygen atoms in total. The van der Waals surface area contributed by atoms with Crippen LogP contribution >= 0.6 is 0 Å². The monoisotopic (exact) mass is 247 g/mol.